The minimum Gasteiger partial charge on any atom is -0.497 e. The van der Waals surface area contributed by atoms with Crippen LogP contribution in [0.5, 0.6) is 11.5 Å². The monoisotopic (exact) mass is 1150 g/mol. The van der Waals surface area contributed by atoms with Crippen molar-refractivity contribution in [2.24, 2.45) is 5.16 Å². The van der Waals surface area contributed by atoms with E-state index in [2.05, 4.69) is 20.8 Å². The number of thiazole rings is 2. The molecule has 2 amide bonds. The van der Waals surface area contributed by atoms with Gasteiger partial charge >= 0.3 is 12.1 Å². The van der Waals surface area contributed by atoms with Crippen LogP contribution >= 0.6 is 34.4 Å². The van der Waals surface area contributed by atoms with Gasteiger partial charge in [-0.05, 0) is 63.2 Å². The van der Waals surface area contributed by atoms with Crippen LogP contribution < -0.4 is 20.2 Å². The number of esters is 1. The molecule has 1 fully saturated rings. The number of oxime groups is 1. The smallest absolute Gasteiger partial charge is 0.434 e. The van der Waals surface area contributed by atoms with Crippen LogP contribution in [-0.4, -0.2) is 62.6 Å². The van der Waals surface area contributed by atoms with Crippen molar-refractivity contribution in [1.29, 1.82) is 0 Å². The van der Waals surface area contributed by atoms with Crippen molar-refractivity contribution < 1.29 is 41.9 Å². The predicted molar refractivity (Wildman–Crippen MR) is 313 cm³/mol. The van der Waals surface area contributed by atoms with Crippen LogP contribution in [0.3, 0.4) is 0 Å². The third kappa shape index (κ3) is 11.5. The van der Waals surface area contributed by atoms with Crippen LogP contribution in [0.2, 0.25) is 0 Å². The van der Waals surface area contributed by atoms with E-state index in [1.807, 2.05) is 170 Å². The van der Waals surface area contributed by atoms with Crippen molar-refractivity contribution in [3.8, 4) is 11.5 Å². The quantitative estimate of drug-likeness (QED) is 0.0264. The third-order valence-corrected chi connectivity index (χ3v) is 16.8. The van der Waals surface area contributed by atoms with Gasteiger partial charge in [-0.1, -0.05) is 193 Å². The maximum Gasteiger partial charge on any atom is 0.434 e. The second kappa shape index (κ2) is 24.3. The first-order valence-electron chi connectivity index (χ1n) is 25.8. The van der Waals surface area contributed by atoms with Crippen molar-refractivity contribution in [3.05, 3.63) is 284 Å². The summed E-state index contributed by atoms with van der Waals surface area (Å²) in [7, 11) is 1.52. The van der Waals surface area contributed by atoms with Gasteiger partial charge in [0.25, 0.3) is 11.8 Å². The van der Waals surface area contributed by atoms with Crippen LogP contribution in [0.15, 0.2) is 234 Å². The van der Waals surface area contributed by atoms with Crippen LogP contribution in [-0.2, 0) is 37.4 Å². The van der Waals surface area contributed by atoms with Crippen molar-refractivity contribution in [2.45, 2.75) is 35.7 Å². The Kier molecular flexibility index (Phi) is 16.3. The Morgan fingerprint density at radius 3 is 1.90 bits per heavy atom. The Hall–Kier alpha value is -9.10. The van der Waals surface area contributed by atoms with Gasteiger partial charge in [0, 0.05) is 22.6 Å². The van der Waals surface area contributed by atoms with E-state index >= 15 is 4.79 Å². The number of nitrogens with zero attached hydrogens (tertiary/aromatic N) is 4. The van der Waals surface area contributed by atoms with E-state index in [4.69, 9.17) is 19.3 Å². The van der Waals surface area contributed by atoms with Crippen LogP contribution in [0.25, 0.3) is 6.08 Å². The molecule has 7 aromatic carbocycles. The predicted octanol–water partition coefficient (Wildman–Crippen LogP) is 13.1. The van der Waals surface area contributed by atoms with Crippen molar-refractivity contribution >= 4 is 69.1 Å². The fourth-order valence-corrected chi connectivity index (χ4v) is 12.8. The Balaban J connectivity index is 0.953. The number of anilines is 1. The molecule has 2 aliphatic rings. The highest BCUT2D eigenvalue weighted by Gasteiger charge is 2.55. The van der Waals surface area contributed by atoms with Crippen molar-refractivity contribution in [2.75, 3.05) is 18.2 Å². The Labute approximate surface area is 482 Å². The number of methoxy groups -OCH3 is 1. The number of fused-ring (bicyclic) bond motifs is 1. The molecule has 2 aliphatic heterocycles. The minimum atomic E-state index is -4.73. The van der Waals surface area contributed by atoms with E-state index in [1.165, 1.54) is 47.3 Å². The number of hydrogen-bond acceptors (Lipinski definition) is 13. The van der Waals surface area contributed by atoms with Gasteiger partial charge in [-0.3, -0.25) is 14.5 Å². The SMILES string of the molecule is COc1ccc(COC(=O)C2=C(C=Cc3scnc3C(F)(F)F)CS[C@H]3C(NC(=O)C(=NOc4ccccc4C(c4ccccc4)c4ccccc4)c4csc(NC(c5ccccc5)(c5ccccc5)c5ccccc5)n4)C(=O)N23)cc1. The van der Waals surface area contributed by atoms with Crippen molar-refractivity contribution in [3.63, 3.8) is 0 Å². The fraction of sp³-hybridized carbons (Fsp3) is 0.125. The molecule has 0 saturated carbocycles. The zero-order chi connectivity index (χ0) is 56.6. The molecule has 0 spiro atoms. The Morgan fingerprint density at radius 1 is 0.744 bits per heavy atom. The van der Waals surface area contributed by atoms with E-state index in [9.17, 15) is 22.8 Å². The number of ether oxygens (including phenoxy) is 2. The first-order chi connectivity index (χ1) is 40.0. The summed E-state index contributed by atoms with van der Waals surface area (Å²) in [5.74, 6) is -1.66. The molecule has 0 aliphatic carbocycles. The van der Waals surface area contributed by atoms with Gasteiger partial charge in [0.15, 0.2) is 22.3 Å². The average Bonchev–Trinajstić information content (AvgIpc) is 2.58. The van der Waals surface area contributed by atoms with Crippen molar-refractivity contribution in [1.82, 2.24) is 20.2 Å². The lowest BCUT2D eigenvalue weighted by Crippen LogP contribution is -2.71. The summed E-state index contributed by atoms with van der Waals surface area (Å²) in [6.07, 6.45) is -2.14. The molecule has 9 aromatic rings. The number of allylic oxidation sites excluding steroid dienone is 1. The number of rotatable bonds is 19. The number of amides is 2. The van der Waals surface area contributed by atoms with Crippen LogP contribution in [0, 0.1) is 0 Å². The molecular formula is C64H49F3N6O6S3. The first-order valence-corrected chi connectivity index (χ1v) is 28.6. The molecule has 0 bridgehead atoms. The molecule has 410 valence electrons. The van der Waals surface area contributed by atoms with Gasteiger partial charge in [0.1, 0.15) is 40.7 Å². The largest absolute Gasteiger partial charge is 0.497 e. The number of para-hydroxylation sites is 1. The third-order valence-electron chi connectivity index (χ3n) is 13.9. The van der Waals surface area contributed by atoms with E-state index in [-0.39, 0.29) is 45.8 Å². The lowest BCUT2D eigenvalue weighted by molar-refractivity contribution is -0.153. The van der Waals surface area contributed by atoms with E-state index in [1.54, 1.807) is 35.7 Å². The number of hydrogen-bond donors (Lipinski definition) is 2. The fourth-order valence-electron chi connectivity index (χ4n) is 10.00. The molecule has 18 heteroatoms. The van der Waals surface area contributed by atoms with Gasteiger partial charge in [-0.25, -0.2) is 14.8 Å². The molecule has 2 atom stereocenters. The zero-order valence-electron chi connectivity index (χ0n) is 43.6. The summed E-state index contributed by atoms with van der Waals surface area (Å²) >= 11 is 3.24. The van der Waals surface area contributed by atoms with E-state index in [0.29, 0.717) is 22.2 Å². The number of benzene rings is 7. The maximum absolute atomic E-state index is 15.2. The molecule has 4 heterocycles. The van der Waals surface area contributed by atoms with Gasteiger partial charge in [-0.15, -0.1) is 34.4 Å². The molecule has 0 radical (unpaired) electrons. The number of carbonyl (C=O) groups excluding carboxylic acids is 3. The molecule has 2 aromatic heterocycles. The second-order valence-corrected chi connectivity index (χ2v) is 21.7. The lowest BCUT2D eigenvalue weighted by Gasteiger charge is -2.49. The van der Waals surface area contributed by atoms with E-state index < -0.39 is 46.6 Å². The number of thioether (sulfide) groups is 1. The molecule has 12 nitrogen and oxygen atoms in total. The number of nitrogens with one attached hydrogen (secondary N) is 2. The molecule has 1 unspecified atom stereocenters. The van der Waals surface area contributed by atoms with Crippen LogP contribution in [0.1, 0.15) is 61.1 Å². The number of β-lactam (4-membered cyclic amide) rings is 1. The second-order valence-electron chi connectivity index (χ2n) is 18.9. The minimum absolute atomic E-state index is 0.0579. The number of alkyl halides is 3. The molecule has 2 N–H and O–H groups in total. The van der Waals surface area contributed by atoms with Gasteiger partial charge in [0.2, 0.25) is 0 Å². The summed E-state index contributed by atoms with van der Waals surface area (Å²) in [5, 5.41) is 12.6. The normalized spacial score (nSPS) is 15.5. The number of halogens is 3. The van der Waals surface area contributed by atoms with E-state index in [0.717, 1.165) is 50.2 Å². The first kappa shape index (κ1) is 54.8. The molecule has 11 rings (SSSR count). The maximum atomic E-state index is 15.2. The summed E-state index contributed by atoms with van der Waals surface area (Å²) in [4.78, 5) is 60.0. The van der Waals surface area contributed by atoms with Gasteiger partial charge in [0.05, 0.1) is 17.5 Å². The Morgan fingerprint density at radius 2 is 1.32 bits per heavy atom. The van der Waals surface area contributed by atoms with Gasteiger partial charge < -0.3 is 24.9 Å². The molecular weight excluding hydrogens is 1100 g/mol. The summed E-state index contributed by atoms with van der Waals surface area (Å²) in [6.45, 7) is -0.190. The highest BCUT2D eigenvalue weighted by molar-refractivity contribution is 8.00. The molecule has 1 saturated heterocycles. The summed E-state index contributed by atoms with van der Waals surface area (Å²) < 4.78 is 52.8. The number of carbonyl (C=O) groups is 3. The average molecular weight is 1150 g/mol. The zero-order valence-corrected chi connectivity index (χ0v) is 46.1. The topological polar surface area (TPSA) is 144 Å². The standard InChI is InChI=1S/C64H49F3N6O6S3/c1-77-48-34-31-41(32-35-48)37-78-61(76)56-44(33-36-52-57(64(65,66)67)68-40-82-52)38-80-60-55(59(75)73(56)60)70-58(74)54(72-79-51-30-18-17-29-49(51)53(42-19-7-2-8-20-42)43-21-9-3-10-22-43)50-39-81-62(69-50)71-63(45-23-11-4-12-24-45,46-25-13-5-14-26-46)47-27-15-6-16-28-47/h2-36,39-40,53,55,60H,37-38H2,1H3,(H,69,71)(H,70,74)/t55?,60-/m0/s1. The number of aromatic nitrogens is 2. The molecule has 82 heavy (non-hydrogen) atoms. The lowest BCUT2D eigenvalue weighted by atomic mass is 9.77. The van der Waals surface area contributed by atoms with Crippen LogP contribution in [0.4, 0.5) is 18.3 Å². The summed E-state index contributed by atoms with van der Waals surface area (Å²) in [5.41, 5.74) is 5.10. The highest BCUT2D eigenvalue weighted by Crippen LogP contribution is 2.44. The summed E-state index contributed by atoms with van der Waals surface area (Å²) in [6, 6.07) is 62.9. The van der Waals surface area contributed by atoms with Gasteiger partial charge in [-0.2, -0.15) is 13.2 Å². The highest BCUT2D eigenvalue weighted by atomic mass is 32.2. The Bertz CT molecular complexity index is 3670.